The number of amidine groups is 1. The van der Waals surface area contributed by atoms with Crippen molar-refractivity contribution >= 4 is 46.2 Å². The molecule has 0 saturated carbocycles. The number of benzene rings is 2. The Balaban J connectivity index is 1.84. The maximum absolute atomic E-state index is 12.4. The summed E-state index contributed by atoms with van der Waals surface area (Å²) in [5.41, 5.74) is 1.46. The molecule has 1 fully saturated rings. The zero-order valence-electron chi connectivity index (χ0n) is 17.9. The van der Waals surface area contributed by atoms with Crippen LogP contribution < -0.4 is 19.5 Å². The molecule has 0 bridgehead atoms. The zero-order chi connectivity index (χ0) is 22.4. The van der Waals surface area contributed by atoms with Gasteiger partial charge in [-0.3, -0.25) is 4.79 Å². The number of carbonyl (C=O) groups is 1. The number of thioether (sulfide) groups is 1. The second-order valence-corrected chi connectivity index (χ2v) is 8.22. The molecule has 2 aromatic carbocycles. The van der Waals surface area contributed by atoms with E-state index in [1.807, 2.05) is 51.1 Å². The minimum atomic E-state index is -0.216. The van der Waals surface area contributed by atoms with E-state index in [-0.39, 0.29) is 12.0 Å². The number of rotatable bonds is 8. The van der Waals surface area contributed by atoms with Gasteiger partial charge in [0.1, 0.15) is 5.75 Å². The fraction of sp³-hybridized carbons (Fsp3) is 0.304. The van der Waals surface area contributed by atoms with Crippen molar-refractivity contribution in [3.05, 3.63) is 51.9 Å². The summed E-state index contributed by atoms with van der Waals surface area (Å²) in [6.45, 7) is 6.39. The van der Waals surface area contributed by atoms with Crippen LogP contribution in [0.5, 0.6) is 17.2 Å². The van der Waals surface area contributed by atoms with Gasteiger partial charge in [-0.2, -0.15) is 0 Å². The van der Waals surface area contributed by atoms with Gasteiger partial charge in [0.05, 0.1) is 35.4 Å². The first-order chi connectivity index (χ1) is 14.9. The van der Waals surface area contributed by atoms with Gasteiger partial charge >= 0.3 is 0 Å². The number of amides is 1. The first-order valence-corrected chi connectivity index (χ1v) is 11.2. The van der Waals surface area contributed by atoms with Crippen molar-refractivity contribution in [1.82, 2.24) is 5.32 Å². The first-order valence-electron chi connectivity index (χ1n) is 10.00. The lowest BCUT2D eigenvalue weighted by Gasteiger charge is -2.18. The molecule has 3 rings (SSSR count). The van der Waals surface area contributed by atoms with Gasteiger partial charge in [0.25, 0.3) is 5.91 Å². The van der Waals surface area contributed by atoms with Crippen LogP contribution in [0, 0.1) is 0 Å². The molecule has 1 amide bonds. The lowest BCUT2D eigenvalue weighted by atomic mass is 10.1. The number of aliphatic imine (C=N–C) groups is 1. The highest BCUT2D eigenvalue weighted by atomic mass is 35.5. The number of halogens is 1. The summed E-state index contributed by atoms with van der Waals surface area (Å²) in [6.07, 6.45) is 2.62. The molecule has 1 atom stereocenters. The van der Waals surface area contributed by atoms with Crippen LogP contribution in [-0.2, 0) is 4.79 Å². The predicted octanol–water partition coefficient (Wildman–Crippen LogP) is 5.82. The molecule has 1 heterocycles. The van der Waals surface area contributed by atoms with Crippen molar-refractivity contribution in [3.8, 4) is 17.2 Å². The monoisotopic (exact) mass is 460 g/mol. The van der Waals surface area contributed by atoms with Crippen molar-refractivity contribution in [2.45, 2.75) is 33.3 Å². The van der Waals surface area contributed by atoms with Gasteiger partial charge in [-0.25, -0.2) is 4.99 Å². The molecule has 0 unspecified atom stereocenters. The van der Waals surface area contributed by atoms with Gasteiger partial charge in [0.15, 0.2) is 16.7 Å². The van der Waals surface area contributed by atoms with Crippen LogP contribution in [0.4, 0.5) is 5.69 Å². The second-order valence-electron chi connectivity index (χ2n) is 6.78. The summed E-state index contributed by atoms with van der Waals surface area (Å²) in [4.78, 5) is 17.4. The van der Waals surface area contributed by atoms with Crippen LogP contribution in [0.15, 0.2) is 46.3 Å². The highest BCUT2D eigenvalue weighted by Gasteiger charge is 2.24. The number of methoxy groups -OCH3 is 1. The molecule has 8 heteroatoms. The molecule has 31 heavy (non-hydrogen) atoms. The zero-order valence-corrected chi connectivity index (χ0v) is 19.5. The molecule has 6 nitrogen and oxygen atoms in total. The maximum atomic E-state index is 12.4. The molecular formula is C23H25ClN2O4S. The fourth-order valence-electron chi connectivity index (χ4n) is 2.74. The average Bonchev–Trinajstić information content (AvgIpc) is 3.09. The summed E-state index contributed by atoms with van der Waals surface area (Å²) in [5, 5.41) is 3.73. The van der Waals surface area contributed by atoms with Crippen molar-refractivity contribution in [2.75, 3.05) is 13.7 Å². The van der Waals surface area contributed by atoms with Gasteiger partial charge in [0.2, 0.25) is 0 Å². The molecule has 0 aliphatic carbocycles. The van der Waals surface area contributed by atoms with Gasteiger partial charge in [-0.1, -0.05) is 18.5 Å². The maximum Gasteiger partial charge on any atom is 0.264 e. The van der Waals surface area contributed by atoms with Crippen LogP contribution in [0.25, 0.3) is 6.08 Å². The Morgan fingerprint density at radius 1 is 1.23 bits per heavy atom. The summed E-state index contributed by atoms with van der Waals surface area (Å²) in [7, 11) is 1.61. The Bertz CT molecular complexity index is 1010. The Morgan fingerprint density at radius 3 is 2.61 bits per heavy atom. The van der Waals surface area contributed by atoms with Gasteiger partial charge < -0.3 is 19.5 Å². The number of ether oxygens (including phenoxy) is 3. The van der Waals surface area contributed by atoms with Crippen molar-refractivity contribution in [3.63, 3.8) is 0 Å². The molecule has 0 radical (unpaired) electrons. The van der Waals surface area contributed by atoms with Crippen LogP contribution >= 0.6 is 23.4 Å². The molecule has 2 aromatic rings. The Hall–Kier alpha value is -2.64. The van der Waals surface area contributed by atoms with E-state index >= 15 is 0 Å². The highest BCUT2D eigenvalue weighted by molar-refractivity contribution is 8.18. The van der Waals surface area contributed by atoms with E-state index in [2.05, 4.69) is 10.3 Å². The number of nitrogens with one attached hydrogen (secondary N) is 1. The quantitative estimate of drug-likeness (QED) is 0.503. The standard InChI is InChI=1S/C23H25ClN2O4S/c1-5-14(3)30-21-18(24)11-15(12-19(21)29-6-2)13-20-22(27)26-23(31-20)25-16-7-9-17(28-4)10-8-16/h7-14H,5-6H2,1-4H3,(H,25,26,27)/b20-13+/t14-/m0/s1. The number of hydrogen-bond acceptors (Lipinski definition) is 6. The van der Waals surface area contributed by atoms with E-state index in [9.17, 15) is 4.79 Å². The lowest BCUT2D eigenvalue weighted by molar-refractivity contribution is -0.115. The summed E-state index contributed by atoms with van der Waals surface area (Å²) >= 11 is 7.74. The third-order valence-corrected chi connectivity index (χ3v) is 5.67. The van der Waals surface area contributed by atoms with E-state index in [1.54, 1.807) is 19.3 Å². The van der Waals surface area contributed by atoms with Crippen LogP contribution in [0.2, 0.25) is 5.02 Å². The van der Waals surface area contributed by atoms with Crippen LogP contribution in [0.3, 0.4) is 0 Å². The number of hydrogen-bond donors (Lipinski definition) is 1. The van der Waals surface area contributed by atoms with Gasteiger partial charge in [-0.05, 0) is 80.1 Å². The Kier molecular flexibility index (Phi) is 7.87. The Labute approximate surface area is 191 Å². The predicted molar refractivity (Wildman–Crippen MR) is 127 cm³/mol. The van der Waals surface area contributed by atoms with Crippen molar-refractivity contribution in [2.24, 2.45) is 4.99 Å². The van der Waals surface area contributed by atoms with Crippen molar-refractivity contribution in [1.29, 1.82) is 0 Å². The molecule has 0 aromatic heterocycles. The van der Waals surface area contributed by atoms with E-state index in [1.165, 1.54) is 11.8 Å². The fourth-order valence-corrected chi connectivity index (χ4v) is 3.84. The molecule has 1 aliphatic rings. The minimum Gasteiger partial charge on any atom is -0.497 e. The largest absolute Gasteiger partial charge is 0.497 e. The molecule has 1 saturated heterocycles. The lowest BCUT2D eigenvalue weighted by Crippen LogP contribution is -2.19. The number of carbonyl (C=O) groups excluding carboxylic acids is 1. The summed E-state index contributed by atoms with van der Waals surface area (Å²) < 4.78 is 16.8. The SMILES string of the molecule is CCOc1cc(/C=C2/SC(=Nc3ccc(OC)cc3)NC2=O)cc(Cl)c1O[C@@H](C)CC. The van der Waals surface area contributed by atoms with E-state index < -0.39 is 0 Å². The summed E-state index contributed by atoms with van der Waals surface area (Å²) in [6, 6.07) is 10.9. The number of nitrogens with zero attached hydrogens (tertiary/aromatic N) is 1. The Morgan fingerprint density at radius 2 is 1.97 bits per heavy atom. The minimum absolute atomic E-state index is 0.00815. The highest BCUT2D eigenvalue weighted by Crippen LogP contribution is 2.39. The smallest absolute Gasteiger partial charge is 0.264 e. The molecule has 1 N–H and O–H groups in total. The van der Waals surface area contributed by atoms with Crippen LogP contribution in [-0.4, -0.2) is 30.9 Å². The van der Waals surface area contributed by atoms with Gasteiger partial charge in [0, 0.05) is 0 Å². The van der Waals surface area contributed by atoms with E-state index in [4.69, 9.17) is 25.8 Å². The topological polar surface area (TPSA) is 69.2 Å². The normalized spacial score (nSPS) is 17.0. The average molecular weight is 461 g/mol. The molecular weight excluding hydrogens is 436 g/mol. The van der Waals surface area contributed by atoms with Crippen LogP contribution in [0.1, 0.15) is 32.8 Å². The van der Waals surface area contributed by atoms with E-state index in [0.29, 0.717) is 33.2 Å². The van der Waals surface area contributed by atoms with E-state index in [0.717, 1.165) is 23.4 Å². The first kappa shape index (κ1) is 23.0. The molecule has 1 aliphatic heterocycles. The molecule has 164 valence electrons. The third kappa shape index (κ3) is 5.95. The second kappa shape index (κ2) is 10.6. The van der Waals surface area contributed by atoms with Crippen molar-refractivity contribution < 1.29 is 19.0 Å². The third-order valence-electron chi connectivity index (χ3n) is 4.48. The van der Waals surface area contributed by atoms with Gasteiger partial charge in [-0.15, -0.1) is 0 Å². The summed E-state index contributed by atoms with van der Waals surface area (Å²) in [5.74, 6) is 1.60. The molecule has 0 spiro atoms.